The standard InChI is InChI=1S/C52H101NO5/c1-3-5-7-9-11-13-14-15-16-17-18-19-23-26-30-34-38-42-46-52(57)58-47-43-39-35-31-27-24-21-20-22-25-29-33-37-41-45-51(56)53-49(48-54)50(55)44-40-36-32-28-12-10-8-6-4-2/h40,44,49-50,54-55H,3-39,41-43,45-48H2,1-2H3,(H,53,56)/b44-40+. The number of ether oxygens (including phenoxy) is 1. The van der Waals surface area contributed by atoms with Gasteiger partial charge in [-0.1, -0.05) is 251 Å². The number of aliphatic hydroxyl groups is 2. The molecule has 58 heavy (non-hydrogen) atoms. The van der Waals surface area contributed by atoms with E-state index >= 15 is 0 Å². The number of allylic oxidation sites excluding steroid dienone is 1. The van der Waals surface area contributed by atoms with E-state index in [9.17, 15) is 19.8 Å². The molecule has 2 atom stereocenters. The number of unbranched alkanes of at least 4 members (excludes halogenated alkanes) is 37. The van der Waals surface area contributed by atoms with Crippen LogP contribution in [0, 0.1) is 0 Å². The fourth-order valence-corrected chi connectivity index (χ4v) is 8.05. The zero-order valence-electron chi connectivity index (χ0n) is 39.0. The van der Waals surface area contributed by atoms with Crippen LogP contribution in [0.4, 0.5) is 0 Å². The second-order valence-corrected chi connectivity index (χ2v) is 17.9. The number of carbonyl (C=O) groups excluding carboxylic acids is 2. The van der Waals surface area contributed by atoms with Crippen LogP contribution in [0.15, 0.2) is 12.2 Å². The van der Waals surface area contributed by atoms with E-state index in [1.54, 1.807) is 6.08 Å². The molecule has 0 spiro atoms. The smallest absolute Gasteiger partial charge is 0.305 e. The summed E-state index contributed by atoms with van der Waals surface area (Å²) in [6.07, 6.45) is 55.1. The van der Waals surface area contributed by atoms with Crippen LogP contribution in [-0.4, -0.2) is 47.4 Å². The first-order valence-corrected chi connectivity index (χ1v) is 26.0. The molecule has 0 aliphatic rings. The Kier molecular flexibility index (Phi) is 47.1. The van der Waals surface area contributed by atoms with Gasteiger partial charge in [-0.15, -0.1) is 0 Å². The summed E-state index contributed by atoms with van der Waals surface area (Å²) in [6.45, 7) is 4.86. The maximum absolute atomic E-state index is 12.4. The number of hydrogen-bond donors (Lipinski definition) is 3. The normalized spacial score (nSPS) is 12.7. The van der Waals surface area contributed by atoms with Gasteiger partial charge >= 0.3 is 5.97 Å². The molecule has 6 nitrogen and oxygen atoms in total. The Morgan fingerprint density at radius 3 is 1.17 bits per heavy atom. The van der Waals surface area contributed by atoms with Crippen LogP contribution >= 0.6 is 0 Å². The van der Waals surface area contributed by atoms with E-state index in [0.717, 1.165) is 57.8 Å². The van der Waals surface area contributed by atoms with Crippen molar-refractivity contribution >= 4 is 11.9 Å². The summed E-state index contributed by atoms with van der Waals surface area (Å²) in [5.74, 6) is -0.0798. The Balaban J connectivity index is 3.40. The van der Waals surface area contributed by atoms with Gasteiger partial charge in [-0.3, -0.25) is 9.59 Å². The van der Waals surface area contributed by atoms with Crippen LogP contribution < -0.4 is 5.32 Å². The first-order chi connectivity index (χ1) is 28.5. The van der Waals surface area contributed by atoms with Crippen molar-refractivity contribution in [1.29, 1.82) is 0 Å². The highest BCUT2D eigenvalue weighted by molar-refractivity contribution is 5.76. The Morgan fingerprint density at radius 1 is 0.466 bits per heavy atom. The van der Waals surface area contributed by atoms with Crippen molar-refractivity contribution in [2.75, 3.05) is 13.2 Å². The lowest BCUT2D eigenvalue weighted by molar-refractivity contribution is -0.143. The van der Waals surface area contributed by atoms with Crippen LogP contribution in [-0.2, 0) is 14.3 Å². The average Bonchev–Trinajstić information content (AvgIpc) is 3.22. The minimum atomic E-state index is -0.848. The highest BCUT2D eigenvalue weighted by Gasteiger charge is 2.18. The zero-order valence-corrected chi connectivity index (χ0v) is 39.0. The molecule has 0 fully saturated rings. The first-order valence-electron chi connectivity index (χ1n) is 26.0. The molecule has 0 aliphatic heterocycles. The molecule has 0 saturated heterocycles. The van der Waals surface area contributed by atoms with Gasteiger partial charge in [0.1, 0.15) is 0 Å². The van der Waals surface area contributed by atoms with Gasteiger partial charge in [-0.05, 0) is 32.1 Å². The van der Waals surface area contributed by atoms with Crippen LogP contribution in [0.25, 0.3) is 0 Å². The molecule has 344 valence electrons. The minimum Gasteiger partial charge on any atom is -0.466 e. The molecule has 0 aliphatic carbocycles. The Hall–Kier alpha value is -1.40. The lowest BCUT2D eigenvalue weighted by Crippen LogP contribution is -2.45. The van der Waals surface area contributed by atoms with Crippen molar-refractivity contribution in [3.8, 4) is 0 Å². The van der Waals surface area contributed by atoms with Crippen molar-refractivity contribution in [3.05, 3.63) is 12.2 Å². The summed E-state index contributed by atoms with van der Waals surface area (Å²) in [5, 5.41) is 22.9. The van der Waals surface area contributed by atoms with Gasteiger partial charge in [0, 0.05) is 12.8 Å². The summed E-state index contributed by atoms with van der Waals surface area (Å²) < 4.78 is 5.48. The number of esters is 1. The number of carbonyl (C=O) groups is 2. The quantitative estimate of drug-likeness (QED) is 0.0323. The van der Waals surface area contributed by atoms with E-state index in [1.807, 2.05) is 6.08 Å². The van der Waals surface area contributed by atoms with Gasteiger partial charge in [-0.2, -0.15) is 0 Å². The molecule has 0 aromatic heterocycles. The fraction of sp³-hybridized carbons (Fsp3) is 0.923. The van der Waals surface area contributed by atoms with Crippen molar-refractivity contribution in [2.24, 2.45) is 0 Å². The Labute approximate surface area is 361 Å². The molecule has 3 N–H and O–H groups in total. The number of nitrogens with one attached hydrogen (secondary N) is 1. The highest BCUT2D eigenvalue weighted by atomic mass is 16.5. The molecule has 0 rings (SSSR count). The summed E-state index contributed by atoms with van der Waals surface area (Å²) in [4.78, 5) is 24.4. The number of hydrogen-bond acceptors (Lipinski definition) is 5. The molecule has 0 heterocycles. The van der Waals surface area contributed by atoms with Gasteiger partial charge in [0.15, 0.2) is 0 Å². The lowest BCUT2D eigenvalue weighted by Gasteiger charge is -2.20. The molecule has 1 amide bonds. The minimum absolute atomic E-state index is 0.000568. The number of aliphatic hydroxyl groups excluding tert-OH is 2. The van der Waals surface area contributed by atoms with Crippen molar-refractivity contribution in [2.45, 2.75) is 296 Å². The Morgan fingerprint density at radius 2 is 0.793 bits per heavy atom. The molecular formula is C52H101NO5. The third kappa shape index (κ3) is 44.2. The molecule has 0 radical (unpaired) electrons. The maximum Gasteiger partial charge on any atom is 0.305 e. The van der Waals surface area contributed by atoms with E-state index in [4.69, 9.17) is 4.74 Å². The molecule has 6 heteroatoms. The topological polar surface area (TPSA) is 95.9 Å². The molecule has 0 aromatic rings. The second-order valence-electron chi connectivity index (χ2n) is 17.9. The van der Waals surface area contributed by atoms with Crippen LogP contribution in [0.2, 0.25) is 0 Å². The lowest BCUT2D eigenvalue weighted by atomic mass is 10.0. The van der Waals surface area contributed by atoms with E-state index in [1.165, 1.54) is 199 Å². The largest absolute Gasteiger partial charge is 0.466 e. The predicted octanol–water partition coefficient (Wildman–Crippen LogP) is 15.3. The molecular weight excluding hydrogens is 719 g/mol. The predicted molar refractivity (Wildman–Crippen MR) is 250 cm³/mol. The zero-order chi connectivity index (χ0) is 42.3. The SMILES string of the molecule is CCCCCCCCC/C=C/C(O)C(CO)NC(=O)CCCCCCCCCCCCCCCCOC(=O)CCCCCCCCCCCCCCCCCCCC. The molecule has 0 bridgehead atoms. The summed E-state index contributed by atoms with van der Waals surface area (Å²) >= 11 is 0. The molecule has 2 unspecified atom stereocenters. The summed E-state index contributed by atoms with van der Waals surface area (Å²) in [7, 11) is 0. The van der Waals surface area contributed by atoms with Crippen LogP contribution in [0.5, 0.6) is 0 Å². The second kappa shape index (κ2) is 48.3. The molecule has 0 saturated carbocycles. The highest BCUT2D eigenvalue weighted by Crippen LogP contribution is 2.16. The summed E-state index contributed by atoms with van der Waals surface area (Å²) in [5.41, 5.74) is 0. The number of rotatable bonds is 48. The average molecular weight is 820 g/mol. The van der Waals surface area contributed by atoms with E-state index < -0.39 is 12.1 Å². The third-order valence-corrected chi connectivity index (χ3v) is 12.1. The molecule has 0 aromatic carbocycles. The van der Waals surface area contributed by atoms with E-state index in [0.29, 0.717) is 19.4 Å². The van der Waals surface area contributed by atoms with E-state index in [-0.39, 0.29) is 18.5 Å². The van der Waals surface area contributed by atoms with Crippen LogP contribution in [0.3, 0.4) is 0 Å². The van der Waals surface area contributed by atoms with Crippen molar-refractivity contribution < 1.29 is 24.5 Å². The van der Waals surface area contributed by atoms with Gasteiger partial charge in [-0.25, -0.2) is 0 Å². The first kappa shape index (κ1) is 56.6. The van der Waals surface area contributed by atoms with Gasteiger partial charge in [0.2, 0.25) is 5.91 Å². The fourth-order valence-electron chi connectivity index (χ4n) is 8.05. The van der Waals surface area contributed by atoms with Crippen LogP contribution in [0.1, 0.15) is 284 Å². The van der Waals surface area contributed by atoms with Gasteiger partial charge in [0.25, 0.3) is 0 Å². The van der Waals surface area contributed by atoms with Crippen molar-refractivity contribution in [3.63, 3.8) is 0 Å². The monoisotopic (exact) mass is 820 g/mol. The Bertz CT molecular complexity index is 863. The maximum atomic E-state index is 12.4. The third-order valence-electron chi connectivity index (χ3n) is 12.1. The number of amides is 1. The van der Waals surface area contributed by atoms with E-state index in [2.05, 4.69) is 19.2 Å². The van der Waals surface area contributed by atoms with Gasteiger partial charge < -0.3 is 20.3 Å². The summed E-state index contributed by atoms with van der Waals surface area (Å²) in [6, 6.07) is -0.632. The van der Waals surface area contributed by atoms with Gasteiger partial charge in [0.05, 0.1) is 25.4 Å². The van der Waals surface area contributed by atoms with Crippen molar-refractivity contribution in [1.82, 2.24) is 5.32 Å².